The molecule has 0 saturated carbocycles. The van der Waals surface area contributed by atoms with Crippen molar-refractivity contribution in [1.82, 2.24) is 0 Å². The maximum Gasteiger partial charge on any atom is 0.196 e. The molecule has 1 heterocycles. The summed E-state index contributed by atoms with van der Waals surface area (Å²) in [6, 6.07) is 7.56. The normalized spacial score (nSPS) is 10.5. The molecule has 0 atom stereocenters. The van der Waals surface area contributed by atoms with E-state index in [0.29, 0.717) is 5.56 Å². The van der Waals surface area contributed by atoms with Crippen LogP contribution in [0.5, 0.6) is 0 Å². The van der Waals surface area contributed by atoms with Crippen molar-refractivity contribution in [3.05, 3.63) is 58.5 Å². The molecule has 88 valence electrons. The molecule has 0 aliphatic heterocycles. The summed E-state index contributed by atoms with van der Waals surface area (Å²) in [5.41, 5.74) is 3.63. The first-order valence-corrected chi connectivity index (χ1v) is 5.82. The maximum atomic E-state index is 12.4. The minimum atomic E-state index is 0.0526. The average molecular weight is 228 g/mol. The van der Waals surface area contributed by atoms with Crippen LogP contribution < -0.4 is 0 Å². The van der Waals surface area contributed by atoms with Crippen LogP contribution in [0, 0.1) is 13.8 Å². The lowest BCUT2D eigenvalue weighted by molar-refractivity contribution is 0.103. The summed E-state index contributed by atoms with van der Waals surface area (Å²) in [6.07, 6.45) is 2.32. The van der Waals surface area contributed by atoms with Crippen LogP contribution in [0.3, 0.4) is 0 Å². The molecule has 0 unspecified atom stereocenters. The Morgan fingerprint density at radius 2 is 1.94 bits per heavy atom. The summed E-state index contributed by atoms with van der Waals surface area (Å²) < 4.78 is 5.31. The monoisotopic (exact) mass is 228 g/mol. The number of hydrogen-bond donors (Lipinski definition) is 0. The van der Waals surface area contributed by atoms with E-state index < -0.39 is 0 Å². The molecule has 0 N–H and O–H groups in total. The largest absolute Gasteiger partial charge is 0.469 e. The molecule has 0 spiro atoms. The number of ketones is 1. The predicted molar refractivity (Wildman–Crippen MR) is 67.4 cm³/mol. The van der Waals surface area contributed by atoms with E-state index in [1.54, 1.807) is 12.3 Å². The van der Waals surface area contributed by atoms with Gasteiger partial charge in [0.05, 0.1) is 11.8 Å². The molecule has 2 aromatic rings. The van der Waals surface area contributed by atoms with Gasteiger partial charge in [0.25, 0.3) is 0 Å². The van der Waals surface area contributed by atoms with Gasteiger partial charge >= 0.3 is 0 Å². The second kappa shape index (κ2) is 4.58. The summed E-state index contributed by atoms with van der Waals surface area (Å²) in [5, 5.41) is 0. The van der Waals surface area contributed by atoms with Crippen molar-refractivity contribution in [2.24, 2.45) is 0 Å². The van der Waals surface area contributed by atoms with Gasteiger partial charge in [-0.2, -0.15) is 0 Å². The number of furan rings is 1. The SMILES string of the molecule is CCc1occc1C(=O)c1cccc(C)c1C. The molecule has 1 aromatic carbocycles. The molecule has 17 heavy (non-hydrogen) atoms. The first-order valence-electron chi connectivity index (χ1n) is 5.82. The zero-order chi connectivity index (χ0) is 12.4. The van der Waals surface area contributed by atoms with Gasteiger partial charge in [0.1, 0.15) is 5.76 Å². The van der Waals surface area contributed by atoms with Crippen molar-refractivity contribution in [1.29, 1.82) is 0 Å². The van der Waals surface area contributed by atoms with Crippen LogP contribution in [-0.4, -0.2) is 5.78 Å². The lowest BCUT2D eigenvalue weighted by atomic mass is 9.96. The Hall–Kier alpha value is -1.83. The highest BCUT2D eigenvalue weighted by atomic mass is 16.3. The fourth-order valence-electron chi connectivity index (χ4n) is 1.96. The highest BCUT2D eigenvalue weighted by Crippen LogP contribution is 2.20. The van der Waals surface area contributed by atoms with Crippen LogP contribution >= 0.6 is 0 Å². The summed E-state index contributed by atoms with van der Waals surface area (Å²) >= 11 is 0. The van der Waals surface area contributed by atoms with Gasteiger partial charge < -0.3 is 4.42 Å². The molecule has 0 saturated heterocycles. The van der Waals surface area contributed by atoms with E-state index in [0.717, 1.165) is 28.9 Å². The molecule has 2 nitrogen and oxygen atoms in total. The Morgan fingerprint density at radius 1 is 1.18 bits per heavy atom. The molecular formula is C15H16O2. The molecule has 0 bridgehead atoms. The van der Waals surface area contributed by atoms with E-state index in [9.17, 15) is 4.79 Å². The quantitative estimate of drug-likeness (QED) is 0.750. The summed E-state index contributed by atoms with van der Waals surface area (Å²) in [5.74, 6) is 0.813. The molecule has 0 radical (unpaired) electrons. The van der Waals surface area contributed by atoms with E-state index in [1.807, 2.05) is 39.0 Å². The van der Waals surface area contributed by atoms with Crippen molar-refractivity contribution in [2.75, 3.05) is 0 Å². The Balaban J connectivity index is 2.48. The number of rotatable bonds is 3. The minimum absolute atomic E-state index is 0.0526. The molecule has 0 amide bonds. The first-order chi connectivity index (χ1) is 8.15. The highest BCUT2D eigenvalue weighted by molar-refractivity contribution is 6.10. The molecular weight excluding hydrogens is 212 g/mol. The Kier molecular flexibility index (Phi) is 3.14. The zero-order valence-electron chi connectivity index (χ0n) is 10.4. The molecule has 0 fully saturated rings. The summed E-state index contributed by atoms with van der Waals surface area (Å²) in [6.45, 7) is 5.98. The third-order valence-electron chi connectivity index (χ3n) is 3.16. The van der Waals surface area contributed by atoms with E-state index in [-0.39, 0.29) is 5.78 Å². The van der Waals surface area contributed by atoms with Gasteiger partial charge in [0, 0.05) is 12.0 Å². The molecule has 0 aliphatic rings. The van der Waals surface area contributed by atoms with Gasteiger partial charge in [0.15, 0.2) is 5.78 Å². The summed E-state index contributed by atoms with van der Waals surface area (Å²) in [4.78, 5) is 12.4. The van der Waals surface area contributed by atoms with Crippen LogP contribution in [-0.2, 0) is 6.42 Å². The smallest absolute Gasteiger partial charge is 0.196 e. The predicted octanol–water partition coefficient (Wildman–Crippen LogP) is 3.69. The highest BCUT2D eigenvalue weighted by Gasteiger charge is 2.17. The Morgan fingerprint density at radius 3 is 2.65 bits per heavy atom. The summed E-state index contributed by atoms with van der Waals surface area (Å²) in [7, 11) is 0. The maximum absolute atomic E-state index is 12.4. The van der Waals surface area contributed by atoms with Crippen LogP contribution in [0.15, 0.2) is 34.9 Å². The molecule has 0 aliphatic carbocycles. The fourth-order valence-corrected chi connectivity index (χ4v) is 1.96. The van der Waals surface area contributed by atoms with Gasteiger partial charge in [-0.3, -0.25) is 4.79 Å². The van der Waals surface area contributed by atoms with Crippen LogP contribution in [0.1, 0.15) is 39.7 Å². The fraction of sp³-hybridized carbons (Fsp3) is 0.267. The van der Waals surface area contributed by atoms with Crippen LogP contribution in [0.4, 0.5) is 0 Å². The zero-order valence-corrected chi connectivity index (χ0v) is 10.4. The first kappa shape index (κ1) is 11.6. The van der Waals surface area contributed by atoms with E-state index >= 15 is 0 Å². The second-order valence-corrected chi connectivity index (χ2v) is 4.19. The van der Waals surface area contributed by atoms with E-state index in [2.05, 4.69) is 0 Å². The van der Waals surface area contributed by atoms with Gasteiger partial charge in [0.2, 0.25) is 0 Å². The van der Waals surface area contributed by atoms with Crippen molar-refractivity contribution >= 4 is 5.78 Å². The lowest BCUT2D eigenvalue weighted by Gasteiger charge is -2.07. The van der Waals surface area contributed by atoms with Gasteiger partial charge in [-0.25, -0.2) is 0 Å². The van der Waals surface area contributed by atoms with Gasteiger partial charge in [-0.1, -0.05) is 25.1 Å². The molecule has 2 heteroatoms. The third-order valence-corrected chi connectivity index (χ3v) is 3.16. The average Bonchev–Trinajstić information content (AvgIpc) is 2.80. The number of carbonyl (C=O) groups excluding carboxylic acids is 1. The second-order valence-electron chi connectivity index (χ2n) is 4.19. The Labute approximate surface area is 101 Å². The van der Waals surface area contributed by atoms with E-state index in [1.165, 1.54) is 0 Å². The van der Waals surface area contributed by atoms with Crippen molar-refractivity contribution in [3.63, 3.8) is 0 Å². The topological polar surface area (TPSA) is 30.2 Å². The standard InChI is InChI=1S/C15H16O2/c1-4-14-13(8-9-17-14)15(16)12-7-5-6-10(2)11(12)3/h5-9H,4H2,1-3H3. The van der Waals surface area contributed by atoms with Crippen molar-refractivity contribution in [3.8, 4) is 0 Å². The van der Waals surface area contributed by atoms with Gasteiger partial charge in [-0.15, -0.1) is 0 Å². The Bertz CT molecular complexity index is 550. The van der Waals surface area contributed by atoms with Crippen LogP contribution in [0.25, 0.3) is 0 Å². The number of carbonyl (C=O) groups is 1. The number of aryl methyl sites for hydroxylation is 2. The van der Waals surface area contributed by atoms with Crippen LogP contribution in [0.2, 0.25) is 0 Å². The van der Waals surface area contributed by atoms with Crippen molar-refractivity contribution < 1.29 is 9.21 Å². The van der Waals surface area contributed by atoms with Crippen molar-refractivity contribution in [2.45, 2.75) is 27.2 Å². The third kappa shape index (κ3) is 2.03. The molecule has 2 rings (SSSR count). The number of hydrogen-bond acceptors (Lipinski definition) is 2. The van der Waals surface area contributed by atoms with E-state index in [4.69, 9.17) is 4.42 Å². The number of benzene rings is 1. The minimum Gasteiger partial charge on any atom is -0.469 e. The lowest BCUT2D eigenvalue weighted by Crippen LogP contribution is -2.05. The molecule has 1 aromatic heterocycles. The van der Waals surface area contributed by atoms with Gasteiger partial charge in [-0.05, 0) is 31.0 Å².